The lowest BCUT2D eigenvalue weighted by molar-refractivity contribution is 0.0943. The van der Waals surface area contributed by atoms with Crippen LogP contribution in [0.2, 0.25) is 0 Å². The topological polar surface area (TPSA) is 53.2 Å². The molecule has 0 saturated heterocycles. The van der Waals surface area contributed by atoms with Crippen molar-refractivity contribution in [1.29, 1.82) is 0 Å². The monoisotopic (exact) mass is 307 g/mol. The van der Waals surface area contributed by atoms with Gasteiger partial charge in [-0.3, -0.25) is 15.6 Å². The van der Waals surface area contributed by atoms with E-state index < -0.39 is 0 Å². The molecule has 0 saturated carbocycles. The Morgan fingerprint density at radius 1 is 1.14 bits per heavy atom. The van der Waals surface area contributed by atoms with Crippen molar-refractivity contribution in [3.05, 3.63) is 35.4 Å². The third kappa shape index (κ3) is 7.09. The molecule has 0 aliphatic heterocycles. The normalized spacial score (nSPS) is 11.1. The largest absolute Gasteiger partial charge is 0.357 e. The number of nitrogens with one attached hydrogen (secondary N) is 3. The molecule has 0 aromatic heterocycles. The van der Waals surface area contributed by atoms with E-state index in [1.54, 1.807) is 0 Å². The van der Waals surface area contributed by atoms with Crippen molar-refractivity contribution >= 4 is 23.2 Å². The van der Waals surface area contributed by atoms with Crippen LogP contribution in [0.3, 0.4) is 0 Å². The van der Waals surface area contributed by atoms with Crippen LogP contribution in [0, 0.1) is 5.92 Å². The number of carbonyl (C=O) groups excluding carboxylic acids is 1. The van der Waals surface area contributed by atoms with Crippen molar-refractivity contribution in [2.45, 2.75) is 46.6 Å². The fourth-order valence-electron chi connectivity index (χ4n) is 1.82. The molecule has 1 aromatic carbocycles. The molecule has 0 fully saturated rings. The first kappa shape index (κ1) is 17.4. The van der Waals surface area contributed by atoms with Crippen LogP contribution in [0.4, 0.5) is 0 Å². The van der Waals surface area contributed by atoms with Gasteiger partial charge in [-0.15, -0.1) is 0 Å². The molecule has 21 heavy (non-hydrogen) atoms. The average molecular weight is 307 g/mol. The molecule has 0 bridgehead atoms. The zero-order valence-corrected chi connectivity index (χ0v) is 14.2. The molecule has 3 N–H and O–H groups in total. The number of carbonyl (C=O) groups is 1. The van der Waals surface area contributed by atoms with Crippen LogP contribution in [0.25, 0.3) is 0 Å². The zero-order chi connectivity index (χ0) is 16.0. The molecule has 0 aliphatic rings. The minimum absolute atomic E-state index is 0.146. The van der Waals surface area contributed by atoms with Gasteiger partial charge in [0, 0.05) is 11.1 Å². The van der Waals surface area contributed by atoms with E-state index in [0.29, 0.717) is 16.6 Å². The number of amides is 1. The minimum atomic E-state index is -0.204. The van der Waals surface area contributed by atoms with Crippen molar-refractivity contribution in [3.63, 3.8) is 0 Å². The highest BCUT2D eigenvalue weighted by Crippen LogP contribution is 2.09. The highest BCUT2D eigenvalue weighted by atomic mass is 32.1. The van der Waals surface area contributed by atoms with E-state index in [9.17, 15) is 4.79 Å². The average Bonchev–Trinajstić information content (AvgIpc) is 2.34. The van der Waals surface area contributed by atoms with E-state index in [2.05, 4.69) is 30.0 Å². The van der Waals surface area contributed by atoms with E-state index in [4.69, 9.17) is 12.2 Å². The lowest BCUT2D eigenvalue weighted by Crippen LogP contribution is -2.52. The molecule has 0 spiro atoms. The van der Waals surface area contributed by atoms with Crippen molar-refractivity contribution in [3.8, 4) is 0 Å². The number of hydrogen-bond acceptors (Lipinski definition) is 2. The molecule has 0 unspecified atom stereocenters. The van der Waals surface area contributed by atoms with E-state index in [-0.39, 0.29) is 11.4 Å². The van der Waals surface area contributed by atoms with Gasteiger partial charge in [-0.2, -0.15) is 0 Å². The fraction of sp³-hybridized carbons (Fsp3) is 0.500. The second-order valence-electron chi connectivity index (χ2n) is 6.58. The van der Waals surface area contributed by atoms with Gasteiger partial charge in [0.15, 0.2) is 5.11 Å². The standard InChI is InChI=1S/C16H25N3OS/c1-11(2)10-12-6-8-13(9-7-12)14(20)18-19-15(21)17-16(3,4)5/h6-9,11H,10H2,1-5H3,(H,18,20)(H2,17,19,21). The Kier molecular flexibility index (Phi) is 6.15. The molecular formula is C16H25N3OS. The van der Waals surface area contributed by atoms with Gasteiger partial charge < -0.3 is 5.32 Å². The molecule has 1 rings (SSSR count). The second kappa shape index (κ2) is 7.41. The van der Waals surface area contributed by atoms with Gasteiger partial charge in [0.25, 0.3) is 5.91 Å². The number of thiocarbonyl (C=S) groups is 1. The second-order valence-corrected chi connectivity index (χ2v) is 6.99. The van der Waals surface area contributed by atoms with Crippen LogP contribution in [0.15, 0.2) is 24.3 Å². The first-order valence-electron chi connectivity index (χ1n) is 7.15. The van der Waals surface area contributed by atoms with E-state index in [1.807, 2.05) is 45.0 Å². The van der Waals surface area contributed by atoms with Gasteiger partial charge in [-0.1, -0.05) is 26.0 Å². The Balaban J connectivity index is 2.50. The van der Waals surface area contributed by atoms with Crippen LogP contribution >= 0.6 is 12.2 Å². The summed E-state index contributed by atoms with van der Waals surface area (Å²) in [5, 5.41) is 3.46. The predicted molar refractivity (Wildman–Crippen MR) is 91.1 cm³/mol. The Labute approximate surface area is 132 Å². The Bertz CT molecular complexity index is 489. The number of rotatable bonds is 3. The summed E-state index contributed by atoms with van der Waals surface area (Å²) in [5.74, 6) is 0.399. The molecule has 1 aromatic rings. The number of benzene rings is 1. The summed E-state index contributed by atoms with van der Waals surface area (Å²) in [6.45, 7) is 10.3. The van der Waals surface area contributed by atoms with Crippen LogP contribution in [-0.2, 0) is 6.42 Å². The van der Waals surface area contributed by atoms with Gasteiger partial charge in [0.2, 0.25) is 0 Å². The summed E-state index contributed by atoms with van der Waals surface area (Å²) in [5.41, 5.74) is 6.99. The summed E-state index contributed by atoms with van der Waals surface area (Å²) in [6, 6.07) is 7.63. The third-order valence-electron chi connectivity index (χ3n) is 2.64. The van der Waals surface area contributed by atoms with Crippen molar-refractivity contribution in [1.82, 2.24) is 16.2 Å². The van der Waals surface area contributed by atoms with Crippen LogP contribution in [-0.4, -0.2) is 16.6 Å². The van der Waals surface area contributed by atoms with Gasteiger partial charge in [0.05, 0.1) is 0 Å². The summed E-state index contributed by atoms with van der Waals surface area (Å²) in [6.07, 6.45) is 1.01. The maximum Gasteiger partial charge on any atom is 0.269 e. The van der Waals surface area contributed by atoms with Crippen molar-refractivity contribution < 1.29 is 4.79 Å². The predicted octanol–water partition coefficient (Wildman–Crippen LogP) is 2.79. The highest BCUT2D eigenvalue weighted by Gasteiger charge is 2.12. The Hall–Kier alpha value is -1.62. The molecule has 5 heteroatoms. The Morgan fingerprint density at radius 3 is 2.19 bits per heavy atom. The van der Waals surface area contributed by atoms with E-state index in [0.717, 1.165) is 6.42 Å². The highest BCUT2D eigenvalue weighted by molar-refractivity contribution is 7.80. The van der Waals surface area contributed by atoms with Crippen molar-refractivity contribution in [2.24, 2.45) is 5.92 Å². The first-order valence-corrected chi connectivity index (χ1v) is 7.55. The molecule has 0 atom stereocenters. The van der Waals surface area contributed by atoms with Crippen LogP contribution < -0.4 is 16.2 Å². The molecule has 0 aliphatic carbocycles. The van der Waals surface area contributed by atoms with E-state index in [1.165, 1.54) is 5.56 Å². The Morgan fingerprint density at radius 2 is 1.71 bits per heavy atom. The molecule has 1 amide bonds. The van der Waals surface area contributed by atoms with Gasteiger partial charge in [0.1, 0.15) is 0 Å². The molecule has 0 heterocycles. The fourth-order valence-corrected chi connectivity index (χ4v) is 2.18. The maximum atomic E-state index is 12.0. The molecule has 4 nitrogen and oxygen atoms in total. The van der Waals surface area contributed by atoms with Gasteiger partial charge in [-0.25, -0.2) is 0 Å². The number of hydrogen-bond donors (Lipinski definition) is 3. The molecule has 0 radical (unpaired) electrons. The summed E-state index contributed by atoms with van der Waals surface area (Å²) in [7, 11) is 0. The van der Waals surface area contributed by atoms with Crippen LogP contribution in [0.5, 0.6) is 0 Å². The lowest BCUT2D eigenvalue weighted by Gasteiger charge is -2.23. The maximum absolute atomic E-state index is 12.0. The minimum Gasteiger partial charge on any atom is -0.357 e. The SMILES string of the molecule is CC(C)Cc1ccc(C(=O)NNC(=S)NC(C)(C)C)cc1. The molecular weight excluding hydrogens is 282 g/mol. The number of hydrazine groups is 1. The lowest BCUT2D eigenvalue weighted by atomic mass is 10.0. The summed E-state index contributed by atoms with van der Waals surface area (Å²) >= 11 is 5.10. The summed E-state index contributed by atoms with van der Waals surface area (Å²) < 4.78 is 0. The first-order chi connectivity index (χ1) is 9.67. The quantitative estimate of drug-likeness (QED) is 0.594. The van der Waals surface area contributed by atoms with E-state index >= 15 is 0 Å². The molecule has 116 valence electrons. The zero-order valence-electron chi connectivity index (χ0n) is 13.4. The van der Waals surface area contributed by atoms with Crippen LogP contribution in [0.1, 0.15) is 50.5 Å². The van der Waals surface area contributed by atoms with Crippen molar-refractivity contribution in [2.75, 3.05) is 0 Å². The smallest absolute Gasteiger partial charge is 0.269 e. The summed E-state index contributed by atoms with van der Waals surface area (Å²) in [4.78, 5) is 12.0. The third-order valence-corrected chi connectivity index (χ3v) is 2.84. The van der Waals surface area contributed by atoms with Gasteiger partial charge in [-0.05, 0) is 63.0 Å². The van der Waals surface area contributed by atoms with Gasteiger partial charge >= 0.3 is 0 Å².